The van der Waals surface area contributed by atoms with E-state index in [1.807, 2.05) is 13.8 Å². The van der Waals surface area contributed by atoms with Crippen molar-refractivity contribution in [1.29, 1.82) is 0 Å². The molecule has 1 atom stereocenters. The molecular formula is C10H13F3. The molecule has 0 N–H and O–H groups in total. The van der Waals surface area contributed by atoms with Crippen LogP contribution in [0.1, 0.15) is 20.3 Å². The Bertz CT molecular complexity index is 233. The molecule has 0 aromatic heterocycles. The Morgan fingerprint density at radius 2 is 2.00 bits per heavy atom. The Balaban J connectivity index is 2.81. The van der Waals surface area contributed by atoms with Crippen LogP contribution in [0.25, 0.3) is 0 Å². The third-order valence-electron chi connectivity index (χ3n) is 2.28. The van der Waals surface area contributed by atoms with Crippen LogP contribution in [-0.4, -0.2) is 6.18 Å². The molecule has 0 aromatic carbocycles. The first-order valence-corrected chi connectivity index (χ1v) is 4.37. The van der Waals surface area contributed by atoms with E-state index in [1.54, 1.807) is 6.08 Å². The minimum Gasteiger partial charge on any atom is -0.166 e. The van der Waals surface area contributed by atoms with Gasteiger partial charge in [0, 0.05) is 0 Å². The molecule has 0 aliphatic heterocycles. The number of hydrogen-bond donors (Lipinski definition) is 0. The molecule has 13 heavy (non-hydrogen) atoms. The molecule has 0 fully saturated rings. The molecule has 1 unspecified atom stereocenters. The van der Waals surface area contributed by atoms with Crippen molar-refractivity contribution in [2.45, 2.75) is 26.4 Å². The summed E-state index contributed by atoms with van der Waals surface area (Å²) in [5.74, 6) is 0.295. The maximum absolute atomic E-state index is 12.3. The van der Waals surface area contributed by atoms with Crippen molar-refractivity contribution < 1.29 is 13.2 Å². The average Bonchev–Trinajstić information content (AvgIpc) is 2.03. The molecule has 0 saturated carbocycles. The van der Waals surface area contributed by atoms with Crippen molar-refractivity contribution in [3.63, 3.8) is 0 Å². The van der Waals surface area contributed by atoms with Gasteiger partial charge in [-0.15, -0.1) is 0 Å². The predicted molar refractivity (Wildman–Crippen MR) is 46.2 cm³/mol. The van der Waals surface area contributed by atoms with Gasteiger partial charge in [0.25, 0.3) is 0 Å². The number of rotatable bonds is 1. The molecule has 0 spiro atoms. The van der Waals surface area contributed by atoms with Gasteiger partial charge in [-0.05, 0) is 18.3 Å². The van der Waals surface area contributed by atoms with Crippen molar-refractivity contribution >= 4 is 0 Å². The lowest BCUT2D eigenvalue weighted by Gasteiger charge is -2.21. The number of hydrogen-bond acceptors (Lipinski definition) is 0. The van der Waals surface area contributed by atoms with E-state index >= 15 is 0 Å². The van der Waals surface area contributed by atoms with Crippen LogP contribution in [0.4, 0.5) is 13.2 Å². The van der Waals surface area contributed by atoms with Crippen LogP contribution in [0.5, 0.6) is 0 Å². The highest BCUT2D eigenvalue weighted by molar-refractivity contribution is 5.28. The van der Waals surface area contributed by atoms with E-state index in [9.17, 15) is 13.2 Å². The van der Waals surface area contributed by atoms with Gasteiger partial charge in [0.15, 0.2) is 0 Å². The Labute approximate surface area is 76.1 Å². The van der Waals surface area contributed by atoms with Gasteiger partial charge in [-0.1, -0.05) is 32.1 Å². The second-order valence-corrected chi connectivity index (χ2v) is 3.67. The molecule has 1 rings (SSSR count). The quantitative estimate of drug-likeness (QED) is 0.591. The van der Waals surface area contributed by atoms with Crippen molar-refractivity contribution in [3.8, 4) is 0 Å². The normalized spacial score (nSPS) is 23.5. The molecule has 0 saturated heterocycles. The molecule has 1 aliphatic rings. The first-order chi connectivity index (χ1) is 5.91. The Morgan fingerprint density at radius 3 is 2.46 bits per heavy atom. The lowest BCUT2D eigenvalue weighted by molar-refractivity contribution is -0.0890. The summed E-state index contributed by atoms with van der Waals surface area (Å²) in [6.07, 6.45) is 0.637. The van der Waals surface area contributed by atoms with Crippen LogP contribution < -0.4 is 0 Å². The molecule has 0 nitrogen and oxygen atoms in total. The molecule has 0 heterocycles. The third-order valence-corrected chi connectivity index (χ3v) is 2.28. The molecule has 3 heteroatoms. The van der Waals surface area contributed by atoms with Gasteiger partial charge in [-0.2, -0.15) is 13.2 Å². The van der Waals surface area contributed by atoms with E-state index in [4.69, 9.17) is 0 Å². The minimum absolute atomic E-state index is 0.0293. The lowest BCUT2D eigenvalue weighted by atomic mass is 9.87. The average molecular weight is 190 g/mol. The topological polar surface area (TPSA) is 0 Å². The number of halogens is 3. The Kier molecular flexibility index (Phi) is 2.84. The highest BCUT2D eigenvalue weighted by Gasteiger charge is 2.33. The van der Waals surface area contributed by atoms with Gasteiger partial charge in [0.05, 0.1) is 5.57 Å². The van der Waals surface area contributed by atoms with E-state index in [0.29, 0.717) is 0 Å². The summed E-state index contributed by atoms with van der Waals surface area (Å²) in [4.78, 5) is 0. The monoisotopic (exact) mass is 190 g/mol. The summed E-state index contributed by atoms with van der Waals surface area (Å²) in [7, 11) is 0. The van der Waals surface area contributed by atoms with Gasteiger partial charge in [-0.25, -0.2) is 0 Å². The van der Waals surface area contributed by atoms with Crippen molar-refractivity contribution in [3.05, 3.63) is 23.8 Å². The van der Waals surface area contributed by atoms with E-state index in [2.05, 4.69) is 0 Å². The lowest BCUT2D eigenvalue weighted by Crippen LogP contribution is -2.16. The summed E-state index contributed by atoms with van der Waals surface area (Å²) < 4.78 is 36.8. The fourth-order valence-electron chi connectivity index (χ4n) is 1.36. The predicted octanol–water partition coefficient (Wildman–Crippen LogP) is 3.71. The molecular weight excluding hydrogens is 177 g/mol. The molecule has 74 valence electrons. The fraction of sp³-hybridized carbons (Fsp3) is 0.600. The van der Waals surface area contributed by atoms with E-state index < -0.39 is 11.7 Å². The maximum Gasteiger partial charge on any atom is 0.416 e. The fourth-order valence-corrected chi connectivity index (χ4v) is 1.36. The summed E-state index contributed by atoms with van der Waals surface area (Å²) in [5.41, 5.74) is -0.502. The van der Waals surface area contributed by atoms with Crippen LogP contribution in [0, 0.1) is 11.8 Å². The largest absolute Gasteiger partial charge is 0.416 e. The molecule has 0 amide bonds. The van der Waals surface area contributed by atoms with Crippen LogP contribution in [-0.2, 0) is 0 Å². The third kappa shape index (κ3) is 2.61. The second-order valence-electron chi connectivity index (χ2n) is 3.67. The highest BCUT2D eigenvalue weighted by atomic mass is 19.4. The van der Waals surface area contributed by atoms with Crippen molar-refractivity contribution in [1.82, 2.24) is 0 Å². The number of alkyl halides is 3. The summed E-state index contributed by atoms with van der Waals surface area (Å²) in [6.45, 7) is 3.88. The van der Waals surface area contributed by atoms with Crippen LogP contribution in [0.3, 0.4) is 0 Å². The SMILES string of the molecule is CC(C)C1C=C(C(F)(F)F)C=CC1. The standard InChI is InChI=1S/C10H13F3/c1-7(2)8-4-3-5-9(6-8)10(11,12)13/h3,5-8H,4H2,1-2H3. The van der Waals surface area contributed by atoms with Crippen LogP contribution in [0.2, 0.25) is 0 Å². The second kappa shape index (κ2) is 3.56. The first kappa shape index (κ1) is 10.4. The van der Waals surface area contributed by atoms with E-state index in [-0.39, 0.29) is 11.8 Å². The molecule has 1 aliphatic carbocycles. The molecule has 0 aromatic rings. The first-order valence-electron chi connectivity index (χ1n) is 4.37. The van der Waals surface area contributed by atoms with E-state index in [0.717, 1.165) is 6.42 Å². The van der Waals surface area contributed by atoms with Crippen LogP contribution >= 0.6 is 0 Å². The zero-order valence-electron chi connectivity index (χ0n) is 7.73. The van der Waals surface area contributed by atoms with Gasteiger partial charge < -0.3 is 0 Å². The van der Waals surface area contributed by atoms with E-state index in [1.165, 1.54) is 12.2 Å². The maximum atomic E-state index is 12.3. The van der Waals surface area contributed by atoms with Crippen molar-refractivity contribution in [2.75, 3.05) is 0 Å². The summed E-state index contributed by atoms with van der Waals surface area (Å²) in [6, 6.07) is 0. The molecule has 0 radical (unpaired) electrons. The van der Waals surface area contributed by atoms with Crippen molar-refractivity contribution in [2.24, 2.45) is 11.8 Å². The summed E-state index contributed by atoms with van der Waals surface area (Å²) >= 11 is 0. The minimum atomic E-state index is -4.19. The highest BCUT2D eigenvalue weighted by Crippen LogP contribution is 2.33. The zero-order valence-corrected chi connectivity index (χ0v) is 7.73. The molecule has 0 bridgehead atoms. The smallest absolute Gasteiger partial charge is 0.166 e. The number of allylic oxidation sites excluding steroid dienone is 4. The van der Waals surface area contributed by atoms with Crippen LogP contribution in [0.15, 0.2) is 23.8 Å². The summed E-state index contributed by atoms with van der Waals surface area (Å²) in [5, 5.41) is 0. The van der Waals surface area contributed by atoms with Gasteiger partial charge >= 0.3 is 6.18 Å². The van der Waals surface area contributed by atoms with Gasteiger partial charge in [0.1, 0.15) is 0 Å². The van der Waals surface area contributed by atoms with Gasteiger partial charge in [-0.3, -0.25) is 0 Å². The Morgan fingerprint density at radius 1 is 1.38 bits per heavy atom. The zero-order chi connectivity index (χ0) is 10.1. The van der Waals surface area contributed by atoms with Gasteiger partial charge in [0.2, 0.25) is 0 Å². The Hall–Kier alpha value is -0.730.